The molecule has 1 saturated heterocycles. The molecular weight excluding hydrogens is 412 g/mol. The number of unbranched alkanes of at least 4 members (excludes halogenated alkanes) is 1. The Morgan fingerprint density at radius 1 is 0.968 bits per heavy atom. The zero-order valence-electron chi connectivity index (χ0n) is 18.0. The number of carbonyl (C=O) groups excluding carboxylic acids is 2. The Balaban J connectivity index is 1.28. The highest BCUT2D eigenvalue weighted by molar-refractivity contribution is 6.33. The van der Waals surface area contributed by atoms with Crippen molar-refractivity contribution in [3.8, 4) is 0 Å². The second-order valence-corrected chi connectivity index (χ2v) is 8.24. The summed E-state index contributed by atoms with van der Waals surface area (Å²) >= 11 is 6.04. The van der Waals surface area contributed by atoms with Gasteiger partial charge in [-0.25, -0.2) is 0 Å². The van der Waals surface area contributed by atoms with Gasteiger partial charge in [-0.3, -0.25) is 14.5 Å². The second-order valence-electron chi connectivity index (χ2n) is 7.84. The van der Waals surface area contributed by atoms with Gasteiger partial charge in [-0.2, -0.15) is 0 Å². The van der Waals surface area contributed by atoms with Crippen LogP contribution in [0.1, 0.15) is 30.1 Å². The molecule has 1 aliphatic rings. The van der Waals surface area contributed by atoms with Crippen molar-refractivity contribution in [1.29, 1.82) is 0 Å². The summed E-state index contributed by atoms with van der Waals surface area (Å²) in [7, 11) is 0. The van der Waals surface area contributed by atoms with Crippen molar-refractivity contribution in [1.82, 2.24) is 15.5 Å². The number of para-hydroxylation sites is 1. The number of hydrogen-bond acceptors (Lipinski definition) is 4. The van der Waals surface area contributed by atoms with E-state index < -0.39 is 6.04 Å². The van der Waals surface area contributed by atoms with Crippen molar-refractivity contribution in [3.63, 3.8) is 0 Å². The molecule has 2 amide bonds. The van der Waals surface area contributed by atoms with Crippen LogP contribution in [-0.4, -0.2) is 62.0 Å². The van der Waals surface area contributed by atoms with Crippen molar-refractivity contribution in [2.75, 3.05) is 44.2 Å². The van der Waals surface area contributed by atoms with Crippen LogP contribution in [0.15, 0.2) is 54.6 Å². The molecule has 6 nitrogen and oxygen atoms in total. The van der Waals surface area contributed by atoms with E-state index in [1.807, 2.05) is 6.07 Å². The van der Waals surface area contributed by atoms with Gasteiger partial charge >= 0.3 is 0 Å². The van der Waals surface area contributed by atoms with Crippen LogP contribution in [0, 0.1) is 0 Å². The molecule has 1 heterocycles. The third-order valence-corrected chi connectivity index (χ3v) is 5.88. The topological polar surface area (TPSA) is 64.7 Å². The second kappa shape index (κ2) is 11.7. The van der Waals surface area contributed by atoms with Crippen molar-refractivity contribution in [2.24, 2.45) is 0 Å². The van der Waals surface area contributed by atoms with E-state index in [1.165, 1.54) is 5.69 Å². The largest absolute Gasteiger partial charge is 0.369 e. The van der Waals surface area contributed by atoms with Crippen molar-refractivity contribution >= 4 is 29.1 Å². The Morgan fingerprint density at radius 2 is 1.65 bits per heavy atom. The fraction of sp³-hybridized carbons (Fsp3) is 0.417. The summed E-state index contributed by atoms with van der Waals surface area (Å²) < 4.78 is 0. The molecule has 0 aromatic heterocycles. The van der Waals surface area contributed by atoms with Crippen LogP contribution >= 0.6 is 11.6 Å². The summed E-state index contributed by atoms with van der Waals surface area (Å²) in [6, 6.07) is 16.7. The third kappa shape index (κ3) is 6.97. The van der Waals surface area contributed by atoms with Gasteiger partial charge in [0, 0.05) is 38.4 Å². The van der Waals surface area contributed by atoms with E-state index in [1.54, 1.807) is 31.2 Å². The molecule has 2 aromatic carbocycles. The summed E-state index contributed by atoms with van der Waals surface area (Å²) in [5, 5.41) is 5.98. The Labute approximate surface area is 189 Å². The lowest BCUT2D eigenvalue weighted by Gasteiger charge is -2.36. The molecule has 2 aromatic rings. The molecule has 1 unspecified atom stereocenters. The van der Waals surface area contributed by atoms with Crippen LogP contribution < -0.4 is 15.5 Å². The Morgan fingerprint density at radius 3 is 2.35 bits per heavy atom. The van der Waals surface area contributed by atoms with E-state index in [-0.39, 0.29) is 11.8 Å². The summed E-state index contributed by atoms with van der Waals surface area (Å²) in [6.07, 6.45) is 1.95. The number of piperazine rings is 1. The number of halogens is 1. The van der Waals surface area contributed by atoms with E-state index in [2.05, 4.69) is 44.7 Å². The van der Waals surface area contributed by atoms with Gasteiger partial charge in [0.15, 0.2) is 0 Å². The highest BCUT2D eigenvalue weighted by Crippen LogP contribution is 2.16. The van der Waals surface area contributed by atoms with Gasteiger partial charge in [-0.1, -0.05) is 41.9 Å². The van der Waals surface area contributed by atoms with E-state index in [0.717, 1.165) is 45.6 Å². The van der Waals surface area contributed by atoms with Crippen molar-refractivity contribution in [2.45, 2.75) is 25.8 Å². The van der Waals surface area contributed by atoms with Crippen molar-refractivity contribution < 1.29 is 9.59 Å². The van der Waals surface area contributed by atoms with Gasteiger partial charge in [0.25, 0.3) is 5.91 Å². The third-order valence-electron chi connectivity index (χ3n) is 5.55. The highest BCUT2D eigenvalue weighted by Gasteiger charge is 2.18. The van der Waals surface area contributed by atoms with Gasteiger partial charge in [-0.15, -0.1) is 0 Å². The van der Waals surface area contributed by atoms with Gasteiger partial charge < -0.3 is 15.5 Å². The number of benzene rings is 2. The first kappa shape index (κ1) is 23.1. The minimum atomic E-state index is -0.616. The zero-order chi connectivity index (χ0) is 22.1. The molecule has 1 atom stereocenters. The number of anilines is 1. The molecule has 2 N–H and O–H groups in total. The van der Waals surface area contributed by atoms with Crippen LogP contribution in [0.5, 0.6) is 0 Å². The molecule has 7 heteroatoms. The average Bonchev–Trinajstić information content (AvgIpc) is 2.80. The lowest BCUT2D eigenvalue weighted by atomic mass is 10.2. The van der Waals surface area contributed by atoms with Crippen LogP contribution in [0.2, 0.25) is 5.02 Å². The monoisotopic (exact) mass is 442 g/mol. The summed E-state index contributed by atoms with van der Waals surface area (Å²) in [5.41, 5.74) is 1.66. The number of nitrogens with one attached hydrogen (secondary N) is 2. The number of hydrogen-bond donors (Lipinski definition) is 2. The predicted molar refractivity (Wildman–Crippen MR) is 126 cm³/mol. The number of rotatable bonds is 9. The SMILES string of the molecule is CC(NC(=O)c1ccccc1Cl)C(=O)NCCCCN1CCN(c2ccccc2)CC1. The quantitative estimate of drug-likeness (QED) is 0.585. The smallest absolute Gasteiger partial charge is 0.253 e. The Bertz CT molecular complexity index is 854. The molecule has 1 fully saturated rings. The standard InChI is InChI=1S/C24H31ClN4O2/c1-19(27-24(31)21-11-5-6-12-22(21)25)23(30)26-13-7-8-14-28-15-17-29(18-16-28)20-9-3-2-4-10-20/h2-6,9-12,19H,7-8,13-18H2,1H3,(H,26,30)(H,27,31). The maximum absolute atomic E-state index is 12.3. The lowest BCUT2D eigenvalue weighted by molar-refractivity contribution is -0.122. The molecule has 0 spiro atoms. The van der Waals surface area contributed by atoms with E-state index in [4.69, 9.17) is 11.6 Å². The van der Waals surface area contributed by atoms with Crippen molar-refractivity contribution in [3.05, 3.63) is 65.2 Å². The first-order valence-electron chi connectivity index (χ1n) is 10.9. The maximum atomic E-state index is 12.3. The molecular formula is C24H31ClN4O2. The number of carbonyl (C=O) groups is 2. The zero-order valence-corrected chi connectivity index (χ0v) is 18.8. The normalized spacial score (nSPS) is 15.4. The lowest BCUT2D eigenvalue weighted by Crippen LogP contribution is -2.47. The fourth-order valence-electron chi connectivity index (χ4n) is 3.68. The number of amides is 2. The van der Waals surface area contributed by atoms with Gasteiger partial charge in [0.2, 0.25) is 5.91 Å². The van der Waals surface area contributed by atoms with E-state index >= 15 is 0 Å². The van der Waals surface area contributed by atoms with Crippen LogP contribution in [0.3, 0.4) is 0 Å². The molecule has 3 rings (SSSR count). The van der Waals surface area contributed by atoms with Crippen LogP contribution in [0.4, 0.5) is 5.69 Å². The Kier molecular flexibility index (Phi) is 8.74. The van der Waals surface area contributed by atoms with Gasteiger partial charge in [0.1, 0.15) is 6.04 Å². The summed E-state index contributed by atoms with van der Waals surface area (Å²) in [6.45, 7) is 7.54. The van der Waals surface area contributed by atoms with E-state index in [0.29, 0.717) is 17.1 Å². The van der Waals surface area contributed by atoms with Crippen LogP contribution in [-0.2, 0) is 4.79 Å². The molecule has 31 heavy (non-hydrogen) atoms. The fourth-order valence-corrected chi connectivity index (χ4v) is 3.90. The molecule has 0 radical (unpaired) electrons. The number of nitrogens with zero attached hydrogens (tertiary/aromatic N) is 2. The molecule has 0 saturated carbocycles. The summed E-state index contributed by atoms with van der Waals surface area (Å²) in [5.74, 6) is -0.528. The summed E-state index contributed by atoms with van der Waals surface area (Å²) in [4.78, 5) is 29.4. The Hall–Kier alpha value is -2.57. The first-order valence-corrected chi connectivity index (χ1v) is 11.3. The predicted octanol–water partition coefficient (Wildman–Crippen LogP) is 3.18. The van der Waals surface area contributed by atoms with Gasteiger partial charge in [-0.05, 0) is 50.6 Å². The maximum Gasteiger partial charge on any atom is 0.253 e. The first-order chi connectivity index (χ1) is 15.0. The van der Waals surface area contributed by atoms with Gasteiger partial charge in [0.05, 0.1) is 10.6 Å². The van der Waals surface area contributed by atoms with E-state index in [9.17, 15) is 9.59 Å². The average molecular weight is 443 g/mol. The van der Waals surface area contributed by atoms with Crippen LogP contribution in [0.25, 0.3) is 0 Å². The minimum absolute atomic E-state index is 0.183. The molecule has 0 bridgehead atoms. The molecule has 0 aliphatic carbocycles. The molecule has 1 aliphatic heterocycles. The molecule has 166 valence electrons. The highest BCUT2D eigenvalue weighted by atomic mass is 35.5. The minimum Gasteiger partial charge on any atom is -0.369 e.